The lowest BCUT2D eigenvalue weighted by Crippen LogP contribution is -2.15. The van der Waals surface area contributed by atoms with Gasteiger partial charge in [0.1, 0.15) is 11.5 Å². The van der Waals surface area contributed by atoms with Gasteiger partial charge in [0.15, 0.2) is 0 Å². The summed E-state index contributed by atoms with van der Waals surface area (Å²) in [6.07, 6.45) is 6.53. The number of benzene rings is 2. The Morgan fingerprint density at radius 2 is 1.17 bits per heavy atom. The predicted molar refractivity (Wildman–Crippen MR) is 92.8 cm³/mol. The molecule has 0 spiro atoms. The molecule has 1 saturated carbocycles. The Labute approximate surface area is 135 Å². The van der Waals surface area contributed by atoms with Crippen molar-refractivity contribution >= 4 is 12.4 Å². The van der Waals surface area contributed by atoms with Crippen molar-refractivity contribution in [3.8, 4) is 11.5 Å². The highest BCUT2D eigenvalue weighted by molar-refractivity contribution is 5.84. The maximum atomic E-state index is 9.78. The number of phenols is 2. The van der Waals surface area contributed by atoms with Crippen LogP contribution in [0.5, 0.6) is 11.5 Å². The van der Waals surface area contributed by atoms with Crippen LogP contribution in [0.1, 0.15) is 30.4 Å². The number of aromatic hydroxyl groups is 2. The molecule has 3 rings (SSSR count). The highest BCUT2D eigenvalue weighted by Gasteiger charge is 2.25. The molecule has 0 unspecified atom stereocenters. The van der Waals surface area contributed by atoms with E-state index in [1.54, 1.807) is 36.7 Å². The number of nitrogens with zero attached hydrogens (tertiary/aromatic N) is 2. The van der Waals surface area contributed by atoms with Crippen molar-refractivity contribution in [1.29, 1.82) is 0 Å². The highest BCUT2D eigenvalue weighted by Crippen LogP contribution is 2.26. The van der Waals surface area contributed by atoms with Crippen molar-refractivity contribution in [2.45, 2.75) is 31.3 Å². The maximum absolute atomic E-state index is 9.78. The standard InChI is InChI=1S/C19H20N2O2/c22-18-10-3-1-6-14(18)12-20-16-8-5-9-17(16)21-13-15-7-2-4-11-19(15)23/h1-4,6-7,10-13,16-17,22-23H,5,8-9H2/t16-,17-/m1/s1. The van der Waals surface area contributed by atoms with Gasteiger partial charge in [-0.2, -0.15) is 0 Å². The van der Waals surface area contributed by atoms with Gasteiger partial charge < -0.3 is 10.2 Å². The van der Waals surface area contributed by atoms with Crippen LogP contribution in [0.4, 0.5) is 0 Å². The Morgan fingerprint density at radius 1 is 0.739 bits per heavy atom. The van der Waals surface area contributed by atoms with Crippen LogP contribution >= 0.6 is 0 Å². The predicted octanol–water partition coefficient (Wildman–Crippen LogP) is 3.56. The summed E-state index contributed by atoms with van der Waals surface area (Å²) in [5.41, 5.74) is 1.45. The van der Waals surface area contributed by atoms with Gasteiger partial charge >= 0.3 is 0 Å². The first-order chi connectivity index (χ1) is 11.2. The molecule has 4 nitrogen and oxygen atoms in total. The molecule has 4 heteroatoms. The van der Waals surface area contributed by atoms with E-state index in [2.05, 4.69) is 9.98 Å². The molecule has 0 bridgehead atoms. The third-order valence-electron chi connectivity index (χ3n) is 4.13. The minimum Gasteiger partial charge on any atom is -0.507 e. The molecule has 1 aliphatic carbocycles. The zero-order chi connectivity index (χ0) is 16.1. The second-order valence-electron chi connectivity index (χ2n) is 5.74. The van der Waals surface area contributed by atoms with Crippen molar-refractivity contribution in [1.82, 2.24) is 0 Å². The molecule has 0 saturated heterocycles. The fraction of sp³-hybridized carbons (Fsp3) is 0.263. The minimum atomic E-state index is 0.122. The molecule has 0 heterocycles. The van der Waals surface area contributed by atoms with E-state index in [9.17, 15) is 10.2 Å². The Balaban J connectivity index is 1.71. The van der Waals surface area contributed by atoms with Gasteiger partial charge in [-0.3, -0.25) is 9.98 Å². The minimum absolute atomic E-state index is 0.122. The topological polar surface area (TPSA) is 65.2 Å². The summed E-state index contributed by atoms with van der Waals surface area (Å²) < 4.78 is 0. The van der Waals surface area contributed by atoms with E-state index >= 15 is 0 Å². The number of hydrogen-bond donors (Lipinski definition) is 2. The van der Waals surface area contributed by atoms with Crippen LogP contribution in [0.25, 0.3) is 0 Å². The van der Waals surface area contributed by atoms with Crippen LogP contribution in [0.2, 0.25) is 0 Å². The van der Waals surface area contributed by atoms with Crippen LogP contribution in [0.3, 0.4) is 0 Å². The van der Waals surface area contributed by atoms with Gasteiger partial charge in [-0.1, -0.05) is 24.3 Å². The average Bonchev–Trinajstić information content (AvgIpc) is 3.01. The molecule has 0 amide bonds. The summed E-state index contributed by atoms with van der Waals surface area (Å²) in [4.78, 5) is 9.22. The van der Waals surface area contributed by atoms with E-state index in [4.69, 9.17) is 0 Å². The quantitative estimate of drug-likeness (QED) is 0.848. The molecule has 2 atom stereocenters. The smallest absolute Gasteiger partial charge is 0.124 e. The van der Waals surface area contributed by atoms with Gasteiger partial charge in [0, 0.05) is 23.6 Å². The lowest BCUT2D eigenvalue weighted by Gasteiger charge is -2.11. The highest BCUT2D eigenvalue weighted by atomic mass is 16.3. The van der Waals surface area contributed by atoms with Crippen molar-refractivity contribution in [2.24, 2.45) is 9.98 Å². The Bertz CT molecular complexity index is 663. The van der Waals surface area contributed by atoms with Crippen LogP contribution < -0.4 is 0 Å². The van der Waals surface area contributed by atoms with Crippen molar-refractivity contribution in [2.75, 3.05) is 0 Å². The van der Waals surface area contributed by atoms with Gasteiger partial charge in [0.25, 0.3) is 0 Å². The fourth-order valence-electron chi connectivity index (χ4n) is 2.81. The zero-order valence-electron chi connectivity index (χ0n) is 12.8. The molecule has 2 aromatic carbocycles. The number of hydrogen-bond acceptors (Lipinski definition) is 4. The number of aliphatic imine (C=N–C) groups is 2. The summed E-state index contributed by atoms with van der Waals surface area (Å²) in [7, 11) is 0. The Morgan fingerprint density at radius 3 is 1.61 bits per heavy atom. The van der Waals surface area contributed by atoms with Gasteiger partial charge in [0.2, 0.25) is 0 Å². The second-order valence-corrected chi connectivity index (χ2v) is 5.74. The molecule has 0 radical (unpaired) electrons. The van der Waals surface area contributed by atoms with Crippen molar-refractivity contribution < 1.29 is 10.2 Å². The SMILES string of the molecule is Oc1ccccc1C=N[C@@H]1CCC[C@H]1N=Cc1ccccc1O. The number of phenolic OH excluding ortho intramolecular Hbond substituents is 2. The molecule has 0 aromatic heterocycles. The molecule has 0 aliphatic heterocycles. The Kier molecular flexibility index (Phi) is 4.71. The monoisotopic (exact) mass is 308 g/mol. The molecular formula is C19H20N2O2. The number of para-hydroxylation sites is 2. The first kappa shape index (κ1) is 15.3. The van der Waals surface area contributed by atoms with Gasteiger partial charge in [0.05, 0.1) is 12.1 Å². The normalized spacial score (nSPS) is 21.4. The van der Waals surface area contributed by atoms with Crippen molar-refractivity contribution in [3.63, 3.8) is 0 Å². The number of rotatable bonds is 4. The molecule has 1 fully saturated rings. The first-order valence-electron chi connectivity index (χ1n) is 7.86. The van der Waals surface area contributed by atoms with Gasteiger partial charge in [-0.05, 0) is 43.5 Å². The third-order valence-corrected chi connectivity index (χ3v) is 4.13. The van der Waals surface area contributed by atoms with Crippen molar-refractivity contribution in [3.05, 3.63) is 59.7 Å². The summed E-state index contributed by atoms with van der Waals surface area (Å²) in [6, 6.07) is 14.6. The third kappa shape index (κ3) is 3.77. The van der Waals surface area contributed by atoms with Crippen LogP contribution in [0, 0.1) is 0 Å². The summed E-state index contributed by atoms with van der Waals surface area (Å²) in [5.74, 6) is 0.479. The molecule has 2 aromatic rings. The second kappa shape index (κ2) is 7.09. The van der Waals surface area contributed by atoms with E-state index in [0.29, 0.717) is 0 Å². The lowest BCUT2D eigenvalue weighted by atomic mass is 10.1. The van der Waals surface area contributed by atoms with Crippen LogP contribution in [0.15, 0.2) is 58.5 Å². The molecule has 1 aliphatic rings. The molecular weight excluding hydrogens is 288 g/mol. The van der Waals surface area contributed by atoms with Gasteiger partial charge in [-0.25, -0.2) is 0 Å². The fourth-order valence-corrected chi connectivity index (χ4v) is 2.81. The largest absolute Gasteiger partial charge is 0.507 e. The van der Waals surface area contributed by atoms with Crippen LogP contribution in [-0.2, 0) is 0 Å². The molecule has 23 heavy (non-hydrogen) atoms. The van der Waals surface area contributed by atoms with Gasteiger partial charge in [-0.15, -0.1) is 0 Å². The lowest BCUT2D eigenvalue weighted by molar-refractivity contribution is 0.473. The zero-order valence-corrected chi connectivity index (χ0v) is 12.8. The maximum Gasteiger partial charge on any atom is 0.124 e. The summed E-state index contributed by atoms with van der Waals surface area (Å²) in [5, 5.41) is 19.6. The Hall–Kier alpha value is -2.62. The molecule has 2 N–H and O–H groups in total. The summed E-state index contributed by atoms with van der Waals surface area (Å²) in [6.45, 7) is 0. The average molecular weight is 308 g/mol. The van der Waals surface area contributed by atoms with E-state index in [1.165, 1.54) is 0 Å². The first-order valence-corrected chi connectivity index (χ1v) is 7.86. The molecule has 118 valence electrons. The van der Waals surface area contributed by atoms with E-state index < -0.39 is 0 Å². The van der Waals surface area contributed by atoms with E-state index in [0.717, 1.165) is 30.4 Å². The van der Waals surface area contributed by atoms with E-state index in [-0.39, 0.29) is 23.6 Å². The summed E-state index contributed by atoms with van der Waals surface area (Å²) >= 11 is 0. The van der Waals surface area contributed by atoms with E-state index in [1.807, 2.05) is 24.3 Å². The van der Waals surface area contributed by atoms with Crippen LogP contribution in [-0.4, -0.2) is 34.7 Å².